The van der Waals surface area contributed by atoms with Gasteiger partial charge in [0.15, 0.2) is 0 Å². The summed E-state index contributed by atoms with van der Waals surface area (Å²) in [7, 11) is 0. The Hall–Kier alpha value is -2.41. The van der Waals surface area contributed by atoms with E-state index in [-0.39, 0.29) is 18.4 Å². The van der Waals surface area contributed by atoms with Crippen LogP contribution in [0.2, 0.25) is 0 Å². The van der Waals surface area contributed by atoms with Gasteiger partial charge in [-0.05, 0) is 19.1 Å². The lowest BCUT2D eigenvalue weighted by Crippen LogP contribution is -2.49. The third kappa shape index (κ3) is 3.05. The second-order valence-electron chi connectivity index (χ2n) is 5.77. The minimum atomic E-state index is -0.632. The third-order valence-corrected chi connectivity index (χ3v) is 4.13. The van der Waals surface area contributed by atoms with Crippen LogP contribution < -0.4 is 10.7 Å². The fourth-order valence-electron chi connectivity index (χ4n) is 2.87. The van der Waals surface area contributed by atoms with Crippen LogP contribution in [0, 0.1) is 0 Å². The van der Waals surface area contributed by atoms with E-state index in [2.05, 4.69) is 5.10 Å². The SMILES string of the molecule is CC1COCCN1C(=O)C1=NN(c2ccccc2)C(C(N)=O)C1. The molecule has 7 nitrogen and oxygen atoms in total. The highest BCUT2D eigenvalue weighted by molar-refractivity contribution is 6.40. The first-order chi connectivity index (χ1) is 11.1. The lowest BCUT2D eigenvalue weighted by molar-refractivity contribution is -0.131. The van der Waals surface area contributed by atoms with Crippen molar-refractivity contribution >= 4 is 23.2 Å². The number of hydrogen-bond donors (Lipinski definition) is 1. The van der Waals surface area contributed by atoms with Gasteiger partial charge in [-0.2, -0.15) is 5.10 Å². The van der Waals surface area contributed by atoms with Crippen molar-refractivity contribution in [3.05, 3.63) is 30.3 Å². The highest BCUT2D eigenvalue weighted by Crippen LogP contribution is 2.25. The average Bonchev–Trinajstić information content (AvgIpc) is 3.01. The molecule has 0 bridgehead atoms. The van der Waals surface area contributed by atoms with E-state index in [1.807, 2.05) is 37.3 Å². The average molecular weight is 316 g/mol. The van der Waals surface area contributed by atoms with Crippen LogP contribution in [-0.4, -0.2) is 54.3 Å². The maximum Gasteiger partial charge on any atom is 0.270 e. The molecule has 0 saturated carbocycles. The standard InChI is InChI=1S/C16H20N4O3/c1-11-10-23-8-7-19(11)16(22)13-9-14(15(17)21)20(18-13)12-5-3-2-4-6-12/h2-6,11,14H,7-10H2,1H3,(H2,17,21). The van der Waals surface area contributed by atoms with Gasteiger partial charge in [0.1, 0.15) is 11.8 Å². The number of benzene rings is 1. The van der Waals surface area contributed by atoms with Crippen molar-refractivity contribution in [3.8, 4) is 0 Å². The van der Waals surface area contributed by atoms with Crippen molar-refractivity contribution in [2.45, 2.75) is 25.4 Å². The first-order valence-corrected chi connectivity index (χ1v) is 7.67. The number of carbonyl (C=O) groups is 2. The van der Waals surface area contributed by atoms with Gasteiger partial charge in [0, 0.05) is 13.0 Å². The summed E-state index contributed by atoms with van der Waals surface area (Å²) >= 11 is 0. The summed E-state index contributed by atoms with van der Waals surface area (Å²) in [5, 5.41) is 5.93. The van der Waals surface area contributed by atoms with Crippen LogP contribution in [0.3, 0.4) is 0 Å². The molecule has 2 aliphatic rings. The fourth-order valence-corrected chi connectivity index (χ4v) is 2.87. The van der Waals surface area contributed by atoms with Crippen LogP contribution >= 0.6 is 0 Å². The third-order valence-electron chi connectivity index (χ3n) is 4.13. The molecule has 2 amide bonds. The number of nitrogens with zero attached hydrogens (tertiary/aromatic N) is 3. The first kappa shape index (κ1) is 15.5. The minimum Gasteiger partial charge on any atom is -0.377 e. The van der Waals surface area contributed by atoms with E-state index >= 15 is 0 Å². The Labute approximate surface area is 134 Å². The topological polar surface area (TPSA) is 88.2 Å². The number of para-hydroxylation sites is 1. The van der Waals surface area contributed by atoms with E-state index in [1.54, 1.807) is 9.91 Å². The van der Waals surface area contributed by atoms with Crippen LogP contribution in [0.25, 0.3) is 0 Å². The Balaban J connectivity index is 1.85. The van der Waals surface area contributed by atoms with Crippen molar-refractivity contribution in [1.29, 1.82) is 0 Å². The molecule has 1 saturated heterocycles. The first-order valence-electron chi connectivity index (χ1n) is 7.67. The van der Waals surface area contributed by atoms with Crippen LogP contribution in [0.1, 0.15) is 13.3 Å². The van der Waals surface area contributed by atoms with Gasteiger partial charge < -0.3 is 15.4 Å². The van der Waals surface area contributed by atoms with Gasteiger partial charge >= 0.3 is 0 Å². The smallest absolute Gasteiger partial charge is 0.270 e. The maximum absolute atomic E-state index is 12.7. The zero-order valence-electron chi connectivity index (χ0n) is 13.0. The van der Waals surface area contributed by atoms with Crippen molar-refractivity contribution < 1.29 is 14.3 Å². The number of nitrogens with two attached hydrogens (primary N) is 1. The van der Waals surface area contributed by atoms with Gasteiger partial charge in [-0.3, -0.25) is 14.6 Å². The second kappa shape index (κ2) is 6.37. The van der Waals surface area contributed by atoms with Gasteiger partial charge in [-0.15, -0.1) is 0 Å². The zero-order chi connectivity index (χ0) is 16.4. The van der Waals surface area contributed by atoms with E-state index in [4.69, 9.17) is 10.5 Å². The molecule has 0 spiro atoms. The zero-order valence-corrected chi connectivity index (χ0v) is 13.0. The number of primary amides is 1. The summed E-state index contributed by atoms with van der Waals surface area (Å²) in [6.45, 7) is 3.50. The number of morpholine rings is 1. The predicted molar refractivity (Wildman–Crippen MR) is 85.9 cm³/mol. The Bertz CT molecular complexity index is 631. The number of anilines is 1. The van der Waals surface area contributed by atoms with E-state index in [0.29, 0.717) is 25.5 Å². The maximum atomic E-state index is 12.7. The summed E-state index contributed by atoms with van der Waals surface area (Å²) < 4.78 is 5.36. The number of carbonyl (C=O) groups excluding carboxylic acids is 2. The number of hydrazone groups is 1. The summed E-state index contributed by atoms with van der Waals surface area (Å²) in [5.41, 5.74) is 6.61. The molecular formula is C16H20N4O3. The number of ether oxygens (including phenoxy) is 1. The quantitative estimate of drug-likeness (QED) is 0.872. The molecule has 122 valence electrons. The molecular weight excluding hydrogens is 296 g/mol. The minimum absolute atomic E-state index is 0.00301. The molecule has 1 aromatic rings. The normalized spacial score (nSPS) is 24.5. The van der Waals surface area contributed by atoms with Gasteiger partial charge in [0.2, 0.25) is 5.91 Å². The molecule has 2 aliphatic heterocycles. The van der Waals surface area contributed by atoms with E-state index in [1.165, 1.54) is 0 Å². The Morgan fingerprint density at radius 2 is 2.04 bits per heavy atom. The van der Waals surface area contributed by atoms with E-state index in [0.717, 1.165) is 5.69 Å². The molecule has 3 rings (SSSR count). The van der Waals surface area contributed by atoms with Crippen molar-refractivity contribution in [2.24, 2.45) is 10.8 Å². The van der Waals surface area contributed by atoms with Gasteiger partial charge in [0.25, 0.3) is 5.91 Å². The van der Waals surface area contributed by atoms with Crippen molar-refractivity contribution in [2.75, 3.05) is 24.8 Å². The lowest BCUT2D eigenvalue weighted by atomic mass is 10.1. The molecule has 0 aliphatic carbocycles. The molecule has 2 atom stereocenters. The summed E-state index contributed by atoms with van der Waals surface area (Å²) in [5.74, 6) is -0.638. The van der Waals surface area contributed by atoms with Crippen LogP contribution in [0.4, 0.5) is 5.69 Å². The van der Waals surface area contributed by atoms with Gasteiger partial charge in [0.05, 0.1) is 24.9 Å². The van der Waals surface area contributed by atoms with E-state index in [9.17, 15) is 9.59 Å². The summed E-state index contributed by atoms with van der Waals surface area (Å²) in [4.78, 5) is 26.2. The molecule has 2 unspecified atom stereocenters. The molecule has 2 N–H and O–H groups in total. The summed E-state index contributed by atoms with van der Waals surface area (Å²) in [6.07, 6.45) is 0.229. The molecule has 0 radical (unpaired) electrons. The molecule has 1 fully saturated rings. The Morgan fingerprint density at radius 3 is 2.70 bits per heavy atom. The monoisotopic (exact) mass is 316 g/mol. The van der Waals surface area contributed by atoms with E-state index < -0.39 is 11.9 Å². The molecule has 2 heterocycles. The Kier molecular flexibility index (Phi) is 4.29. The molecule has 0 aromatic heterocycles. The lowest BCUT2D eigenvalue weighted by Gasteiger charge is -2.33. The van der Waals surface area contributed by atoms with Crippen LogP contribution in [0.5, 0.6) is 0 Å². The number of rotatable bonds is 3. The fraction of sp³-hybridized carbons (Fsp3) is 0.438. The Morgan fingerprint density at radius 1 is 1.30 bits per heavy atom. The number of amides is 2. The van der Waals surface area contributed by atoms with Crippen molar-refractivity contribution in [3.63, 3.8) is 0 Å². The molecule has 23 heavy (non-hydrogen) atoms. The van der Waals surface area contributed by atoms with Crippen LogP contribution in [-0.2, 0) is 14.3 Å². The number of hydrogen-bond acceptors (Lipinski definition) is 5. The molecule has 7 heteroatoms. The highest BCUT2D eigenvalue weighted by atomic mass is 16.5. The van der Waals surface area contributed by atoms with Crippen LogP contribution in [0.15, 0.2) is 35.4 Å². The highest BCUT2D eigenvalue weighted by Gasteiger charge is 2.37. The second-order valence-corrected chi connectivity index (χ2v) is 5.77. The predicted octanol–water partition coefficient (Wildman–Crippen LogP) is 0.354. The van der Waals surface area contributed by atoms with Crippen molar-refractivity contribution in [1.82, 2.24) is 4.90 Å². The van der Waals surface area contributed by atoms with Gasteiger partial charge in [-0.1, -0.05) is 18.2 Å². The largest absolute Gasteiger partial charge is 0.377 e. The molecule has 1 aromatic carbocycles. The summed E-state index contributed by atoms with van der Waals surface area (Å²) in [6, 6.07) is 8.63. The van der Waals surface area contributed by atoms with Gasteiger partial charge in [-0.25, -0.2) is 0 Å².